The van der Waals surface area contributed by atoms with Crippen LogP contribution in [0.1, 0.15) is 49.5 Å². The summed E-state index contributed by atoms with van der Waals surface area (Å²) in [4.78, 5) is 50.5. The summed E-state index contributed by atoms with van der Waals surface area (Å²) in [6, 6.07) is 2.03. The second-order valence-electron chi connectivity index (χ2n) is 9.07. The standard InChI is InChI=1S/C22H29FN4O6/c1-22(2,3)33-21(32)27-10-8-26(9-11-27)16-6-4-13(20(30)31)14(18(16)23)12-24-15-5-7-17(28)25-19(15)29/h4,6,15,24H,5,7-12H2,1-3H3,(H,30,31)(H,25,28,29). The number of nitrogens with zero attached hydrogens (tertiary/aromatic N) is 2. The van der Waals surface area contributed by atoms with Gasteiger partial charge in [-0.1, -0.05) is 0 Å². The molecule has 2 fully saturated rings. The van der Waals surface area contributed by atoms with E-state index in [2.05, 4.69) is 10.6 Å². The van der Waals surface area contributed by atoms with Crippen LogP contribution in [0.3, 0.4) is 0 Å². The molecule has 3 N–H and O–H groups in total. The van der Waals surface area contributed by atoms with Crippen molar-refractivity contribution in [3.05, 3.63) is 29.1 Å². The van der Waals surface area contributed by atoms with Crippen molar-refractivity contribution in [1.29, 1.82) is 0 Å². The number of carbonyl (C=O) groups is 4. The molecule has 0 bridgehead atoms. The van der Waals surface area contributed by atoms with E-state index in [1.54, 1.807) is 30.6 Å². The highest BCUT2D eigenvalue weighted by molar-refractivity contribution is 6.00. The average molecular weight is 464 g/mol. The van der Waals surface area contributed by atoms with Gasteiger partial charge in [-0.25, -0.2) is 14.0 Å². The van der Waals surface area contributed by atoms with Crippen molar-refractivity contribution in [3.63, 3.8) is 0 Å². The number of imide groups is 1. The van der Waals surface area contributed by atoms with Crippen LogP contribution in [-0.4, -0.2) is 71.7 Å². The van der Waals surface area contributed by atoms with E-state index >= 15 is 4.39 Å². The topological polar surface area (TPSA) is 128 Å². The Balaban J connectivity index is 1.72. The fourth-order valence-corrected chi connectivity index (χ4v) is 3.80. The minimum Gasteiger partial charge on any atom is -0.478 e. The lowest BCUT2D eigenvalue weighted by Crippen LogP contribution is -2.51. The van der Waals surface area contributed by atoms with Gasteiger partial charge in [-0.2, -0.15) is 0 Å². The van der Waals surface area contributed by atoms with E-state index in [9.17, 15) is 24.3 Å². The summed E-state index contributed by atoms with van der Waals surface area (Å²) in [5.41, 5.74) is -0.663. The van der Waals surface area contributed by atoms with E-state index in [-0.39, 0.29) is 42.1 Å². The number of anilines is 1. The van der Waals surface area contributed by atoms with Crippen LogP contribution in [0.25, 0.3) is 0 Å². The number of ether oxygens (including phenoxy) is 1. The second kappa shape index (κ2) is 9.74. The van der Waals surface area contributed by atoms with Gasteiger partial charge < -0.3 is 25.0 Å². The van der Waals surface area contributed by atoms with Crippen molar-refractivity contribution in [2.75, 3.05) is 31.1 Å². The van der Waals surface area contributed by atoms with Gasteiger partial charge >= 0.3 is 12.1 Å². The zero-order valence-electron chi connectivity index (χ0n) is 18.9. The number of piperazine rings is 1. The Morgan fingerprint density at radius 2 is 1.88 bits per heavy atom. The Morgan fingerprint density at radius 1 is 1.21 bits per heavy atom. The van der Waals surface area contributed by atoms with Gasteiger partial charge in [-0.05, 0) is 39.3 Å². The molecule has 0 spiro atoms. The first-order valence-corrected chi connectivity index (χ1v) is 10.8. The first-order chi connectivity index (χ1) is 15.5. The maximum absolute atomic E-state index is 15.5. The summed E-state index contributed by atoms with van der Waals surface area (Å²) < 4.78 is 20.8. The van der Waals surface area contributed by atoms with Gasteiger partial charge in [0.25, 0.3) is 0 Å². The van der Waals surface area contributed by atoms with Crippen molar-refractivity contribution in [1.82, 2.24) is 15.5 Å². The quantitative estimate of drug-likeness (QED) is 0.559. The van der Waals surface area contributed by atoms with Gasteiger partial charge in [0, 0.05) is 44.7 Å². The number of rotatable bonds is 5. The number of benzene rings is 1. The summed E-state index contributed by atoms with van der Waals surface area (Å²) >= 11 is 0. The van der Waals surface area contributed by atoms with Gasteiger partial charge in [0.15, 0.2) is 5.82 Å². The van der Waals surface area contributed by atoms with Crippen molar-refractivity contribution < 1.29 is 33.4 Å². The number of halogens is 1. The number of hydrogen-bond donors (Lipinski definition) is 3. The average Bonchev–Trinajstić information content (AvgIpc) is 2.72. The van der Waals surface area contributed by atoms with E-state index in [1.807, 2.05) is 0 Å². The SMILES string of the molecule is CC(C)(C)OC(=O)N1CCN(c2ccc(C(=O)O)c(CNC3CCC(=O)NC3=O)c2F)CC1. The smallest absolute Gasteiger partial charge is 0.410 e. The Hall–Kier alpha value is -3.21. The maximum atomic E-state index is 15.5. The van der Waals surface area contributed by atoms with E-state index in [0.29, 0.717) is 26.2 Å². The van der Waals surface area contributed by atoms with Crippen LogP contribution in [0.15, 0.2) is 12.1 Å². The van der Waals surface area contributed by atoms with Crippen LogP contribution in [0, 0.1) is 5.82 Å². The maximum Gasteiger partial charge on any atom is 0.410 e. The molecule has 2 aliphatic rings. The normalized spacial score (nSPS) is 19.3. The van der Waals surface area contributed by atoms with Crippen molar-refractivity contribution in [3.8, 4) is 0 Å². The molecular formula is C22H29FN4O6. The van der Waals surface area contributed by atoms with Crippen molar-refractivity contribution in [2.45, 2.75) is 51.8 Å². The first kappa shape index (κ1) is 24.4. The molecule has 2 heterocycles. The number of nitrogens with one attached hydrogen (secondary N) is 2. The molecule has 1 aromatic carbocycles. The molecule has 3 rings (SSSR count). The summed E-state index contributed by atoms with van der Waals surface area (Å²) in [6.07, 6.45) is -0.0290. The molecule has 33 heavy (non-hydrogen) atoms. The van der Waals surface area contributed by atoms with Gasteiger partial charge in [-0.3, -0.25) is 14.9 Å². The highest BCUT2D eigenvalue weighted by Crippen LogP contribution is 2.27. The number of hydrogen-bond acceptors (Lipinski definition) is 7. The predicted octanol–water partition coefficient (Wildman–Crippen LogP) is 1.48. The molecule has 0 saturated carbocycles. The largest absolute Gasteiger partial charge is 0.478 e. The van der Waals surface area contributed by atoms with E-state index < -0.39 is 35.4 Å². The summed E-state index contributed by atoms with van der Waals surface area (Å²) in [5, 5.41) is 14.6. The monoisotopic (exact) mass is 464 g/mol. The minimum atomic E-state index is -1.28. The lowest BCUT2D eigenvalue weighted by atomic mass is 10.0. The predicted molar refractivity (Wildman–Crippen MR) is 116 cm³/mol. The minimum absolute atomic E-state index is 0.0701. The zero-order valence-corrected chi connectivity index (χ0v) is 18.9. The number of amides is 3. The Kier molecular flexibility index (Phi) is 7.21. The molecule has 2 saturated heterocycles. The molecule has 1 unspecified atom stereocenters. The number of piperidine rings is 1. The second-order valence-corrected chi connectivity index (χ2v) is 9.07. The summed E-state index contributed by atoms with van der Waals surface area (Å²) in [7, 11) is 0. The molecule has 180 valence electrons. The van der Waals surface area contributed by atoms with Crippen LogP contribution in [0.2, 0.25) is 0 Å². The molecule has 1 aromatic rings. The third kappa shape index (κ3) is 5.98. The lowest BCUT2D eigenvalue weighted by Gasteiger charge is -2.37. The van der Waals surface area contributed by atoms with E-state index in [0.717, 1.165) is 0 Å². The van der Waals surface area contributed by atoms with Crippen LogP contribution in [0.5, 0.6) is 0 Å². The van der Waals surface area contributed by atoms with E-state index in [4.69, 9.17) is 4.74 Å². The highest BCUT2D eigenvalue weighted by atomic mass is 19.1. The molecule has 0 aliphatic carbocycles. The molecule has 3 amide bonds. The van der Waals surface area contributed by atoms with Gasteiger partial charge in [0.2, 0.25) is 11.8 Å². The fourth-order valence-electron chi connectivity index (χ4n) is 3.80. The summed E-state index contributed by atoms with van der Waals surface area (Å²) in [5.74, 6) is -2.86. The molecule has 0 aromatic heterocycles. The number of carboxylic acid groups (broad SMARTS) is 1. The summed E-state index contributed by atoms with van der Waals surface area (Å²) in [6.45, 7) is 6.52. The first-order valence-electron chi connectivity index (χ1n) is 10.8. The number of aromatic carboxylic acids is 1. The number of carboxylic acids is 1. The molecular weight excluding hydrogens is 435 g/mol. The van der Waals surface area contributed by atoms with Crippen LogP contribution >= 0.6 is 0 Å². The van der Waals surface area contributed by atoms with Crippen LogP contribution in [-0.2, 0) is 20.9 Å². The molecule has 2 aliphatic heterocycles. The van der Waals surface area contributed by atoms with Gasteiger partial charge in [0.05, 0.1) is 17.3 Å². The fraction of sp³-hybridized carbons (Fsp3) is 0.545. The number of carbonyl (C=O) groups excluding carboxylic acids is 3. The third-order valence-electron chi connectivity index (χ3n) is 5.49. The molecule has 1 atom stereocenters. The van der Waals surface area contributed by atoms with E-state index in [1.165, 1.54) is 12.1 Å². The van der Waals surface area contributed by atoms with Crippen LogP contribution in [0.4, 0.5) is 14.9 Å². The van der Waals surface area contributed by atoms with Crippen LogP contribution < -0.4 is 15.5 Å². The Labute approximate surface area is 191 Å². The van der Waals surface area contributed by atoms with Crippen molar-refractivity contribution >= 4 is 29.6 Å². The molecule has 10 nitrogen and oxygen atoms in total. The highest BCUT2D eigenvalue weighted by Gasteiger charge is 2.30. The molecule has 0 radical (unpaired) electrons. The zero-order chi connectivity index (χ0) is 24.3. The Bertz CT molecular complexity index is 953. The van der Waals surface area contributed by atoms with Gasteiger partial charge in [0.1, 0.15) is 5.60 Å². The lowest BCUT2D eigenvalue weighted by molar-refractivity contribution is -0.134. The third-order valence-corrected chi connectivity index (χ3v) is 5.49. The van der Waals surface area contributed by atoms with Crippen molar-refractivity contribution in [2.24, 2.45) is 0 Å². The Morgan fingerprint density at radius 3 is 2.45 bits per heavy atom. The molecule has 11 heteroatoms. The van der Waals surface area contributed by atoms with Gasteiger partial charge in [-0.15, -0.1) is 0 Å².